The van der Waals surface area contributed by atoms with E-state index < -0.39 is 40.9 Å². The highest BCUT2D eigenvalue weighted by molar-refractivity contribution is 6.14. The first-order valence-electron chi connectivity index (χ1n) is 8.45. The van der Waals surface area contributed by atoms with Gasteiger partial charge in [-0.05, 0) is 36.2 Å². The topological polar surface area (TPSA) is 90.3 Å². The average Bonchev–Trinajstić information content (AvgIpc) is 3.09. The van der Waals surface area contributed by atoms with Gasteiger partial charge in [0.25, 0.3) is 5.91 Å². The van der Waals surface area contributed by atoms with Gasteiger partial charge in [0.2, 0.25) is 0 Å². The van der Waals surface area contributed by atoms with Crippen LogP contribution < -0.4 is 5.32 Å². The number of imide groups is 1. The second kappa shape index (κ2) is 5.96. The molecule has 1 heterocycles. The molecule has 6 nitrogen and oxygen atoms in total. The van der Waals surface area contributed by atoms with Crippen LogP contribution in [0.4, 0.5) is 13.6 Å². The molecule has 0 bridgehead atoms. The molecule has 1 aliphatic carbocycles. The van der Waals surface area contributed by atoms with Gasteiger partial charge in [-0.2, -0.15) is 5.26 Å². The van der Waals surface area contributed by atoms with Crippen molar-refractivity contribution in [3.8, 4) is 6.07 Å². The maximum Gasteiger partial charge on any atom is 0.326 e. The minimum Gasteiger partial charge on any atom is -0.319 e. The maximum absolute atomic E-state index is 14.1. The summed E-state index contributed by atoms with van der Waals surface area (Å²) in [5.74, 6) is -3.25. The van der Waals surface area contributed by atoms with E-state index in [4.69, 9.17) is 5.26 Å². The van der Waals surface area contributed by atoms with E-state index in [0.717, 1.165) is 11.0 Å². The zero-order valence-electron chi connectivity index (χ0n) is 14.6. The van der Waals surface area contributed by atoms with Gasteiger partial charge < -0.3 is 5.32 Å². The Bertz CT molecular complexity index is 1090. The van der Waals surface area contributed by atoms with E-state index in [9.17, 15) is 23.2 Å². The number of carbonyl (C=O) groups excluding carboxylic acids is 3. The summed E-state index contributed by atoms with van der Waals surface area (Å²) < 4.78 is 27.5. The molecule has 0 spiro atoms. The van der Waals surface area contributed by atoms with E-state index in [2.05, 4.69) is 5.32 Å². The molecule has 0 saturated carbocycles. The first-order valence-corrected chi connectivity index (χ1v) is 8.45. The minimum absolute atomic E-state index is 0.125. The number of halogens is 2. The first-order chi connectivity index (χ1) is 13.3. The number of nitriles is 1. The van der Waals surface area contributed by atoms with Gasteiger partial charge in [-0.3, -0.25) is 14.5 Å². The third kappa shape index (κ3) is 2.40. The normalized spacial score (nSPS) is 23.6. The van der Waals surface area contributed by atoms with Crippen LogP contribution in [-0.4, -0.2) is 28.7 Å². The van der Waals surface area contributed by atoms with Crippen LogP contribution in [0.2, 0.25) is 0 Å². The molecule has 0 radical (unpaired) electrons. The van der Waals surface area contributed by atoms with Gasteiger partial charge in [-0.1, -0.05) is 12.1 Å². The molecule has 0 aromatic heterocycles. The molecule has 2 unspecified atom stereocenters. The number of urea groups is 1. The van der Waals surface area contributed by atoms with Gasteiger partial charge in [0, 0.05) is 12.5 Å². The van der Waals surface area contributed by atoms with Crippen LogP contribution in [0.25, 0.3) is 0 Å². The Morgan fingerprint density at radius 3 is 2.50 bits per heavy atom. The van der Waals surface area contributed by atoms with Crippen LogP contribution in [0, 0.1) is 23.0 Å². The lowest BCUT2D eigenvalue weighted by molar-refractivity contribution is -0.132. The van der Waals surface area contributed by atoms with E-state index in [1.807, 2.05) is 6.07 Å². The van der Waals surface area contributed by atoms with Crippen LogP contribution in [0.15, 0.2) is 36.4 Å². The van der Waals surface area contributed by atoms with Crippen molar-refractivity contribution in [3.63, 3.8) is 0 Å². The standard InChI is InChI=1S/C20H13F2N3O3/c1-20(12-4-2-10(9-23)3-5-12)18(27)25(19(28)24-20)15-7-11-6-13(21)8-14(22)16(11)17(15)26/h2-6,8,15H,7H2,1H3,(H,24,28). The van der Waals surface area contributed by atoms with Gasteiger partial charge >= 0.3 is 6.03 Å². The SMILES string of the molecule is CC1(c2ccc(C#N)cc2)NC(=O)N(C2Cc3cc(F)cc(F)c3C2=O)C1=O. The number of rotatable bonds is 2. The Balaban J connectivity index is 1.69. The summed E-state index contributed by atoms with van der Waals surface area (Å²) in [6.07, 6.45) is -0.147. The summed E-state index contributed by atoms with van der Waals surface area (Å²) in [5, 5.41) is 11.5. The molecule has 1 saturated heterocycles. The summed E-state index contributed by atoms with van der Waals surface area (Å²) in [7, 11) is 0. The van der Waals surface area contributed by atoms with Crippen LogP contribution in [0.3, 0.4) is 0 Å². The number of fused-ring (bicyclic) bond motifs is 1. The van der Waals surface area contributed by atoms with Gasteiger partial charge in [0.1, 0.15) is 23.2 Å². The second-order valence-corrected chi connectivity index (χ2v) is 6.93. The molecule has 1 N–H and O–H groups in total. The molecular weight excluding hydrogens is 368 g/mol. The Morgan fingerprint density at radius 1 is 1.18 bits per heavy atom. The molecule has 8 heteroatoms. The lowest BCUT2D eigenvalue weighted by Crippen LogP contribution is -2.46. The summed E-state index contributed by atoms with van der Waals surface area (Å²) in [6, 6.07) is 7.68. The molecule has 2 atom stereocenters. The van der Waals surface area contributed by atoms with Crippen molar-refractivity contribution < 1.29 is 23.2 Å². The molecule has 2 aromatic rings. The van der Waals surface area contributed by atoms with E-state index in [0.29, 0.717) is 17.2 Å². The molecule has 140 valence electrons. The number of Topliss-reactive ketones (excluding diaryl/α,β-unsaturated/α-hetero) is 1. The van der Waals surface area contributed by atoms with Gasteiger partial charge in [-0.25, -0.2) is 13.6 Å². The second-order valence-electron chi connectivity index (χ2n) is 6.93. The molecule has 1 aliphatic heterocycles. The monoisotopic (exact) mass is 381 g/mol. The molecule has 4 rings (SSSR count). The fraction of sp³-hybridized carbons (Fsp3) is 0.200. The van der Waals surface area contributed by atoms with Crippen molar-refractivity contribution in [1.82, 2.24) is 10.2 Å². The van der Waals surface area contributed by atoms with Crippen molar-refractivity contribution in [2.75, 3.05) is 0 Å². The summed E-state index contributed by atoms with van der Waals surface area (Å²) in [5.41, 5.74) is -0.782. The quantitative estimate of drug-likeness (QED) is 0.809. The predicted octanol–water partition coefficient (Wildman–Crippen LogP) is 2.41. The highest BCUT2D eigenvalue weighted by Crippen LogP contribution is 2.35. The molecular formula is C20H13F2N3O3. The number of benzene rings is 2. The summed E-state index contributed by atoms with van der Waals surface area (Å²) in [4.78, 5) is 39.1. The van der Waals surface area contributed by atoms with Gasteiger partial charge in [0.05, 0.1) is 17.2 Å². The van der Waals surface area contributed by atoms with Crippen molar-refractivity contribution in [1.29, 1.82) is 5.26 Å². The van der Waals surface area contributed by atoms with Crippen LogP contribution in [0.5, 0.6) is 0 Å². The van der Waals surface area contributed by atoms with Crippen LogP contribution in [0.1, 0.15) is 34.0 Å². The molecule has 3 amide bonds. The lowest BCUT2D eigenvalue weighted by Gasteiger charge is -2.24. The lowest BCUT2D eigenvalue weighted by atomic mass is 9.91. The predicted molar refractivity (Wildman–Crippen MR) is 92.1 cm³/mol. The number of hydrogen-bond acceptors (Lipinski definition) is 4. The fourth-order valence-electron chi connectivity index (χ4n) is 3.76. The van der Waals surface area contributed by atoms with Crippen molar-refractivity contribution in [2.45, 2.75) is 24.9 Å². The number of carbonyl (C=O) groups is 3. The van der Waals surface area contributed by atoms with Crippen molar-refractivity contribution in [2.24, 2.45) is 0 Å². The molecule has 2 aliphatic rings. The van der Waals surface area contributed by atoms with E-state index in [1.54, 1.807) is 12.1 Å². The minimum atomic E-state index is -1.44. The first kappa shape index (κ1) is 17.8. The van der Waals surface area contributed by atoms with E-state index in [1.165, 1.54) is 19.1 Å². The van der Waals surface area contributed by atoms with Crippen molar-refractivity contribution in [3.05, 3.63) is 70.3 Å². The smallest absolute Gasteiger partial charge is 0.319 e. The van der Waals surface area contributed by atoms with Crippen LogP contribution in [-0.2, 0) is 16.8 Å². The van der Waals surface area contributed by atoms with Gasteiger partial charge in [0.15, 0.2) is 5.78 Å². The molecule has 2 aromatic carbocycles. The maximum atomic E-state index is 14.1. The van der Waals surface area contributed by atoms with E-state index >= 15 is 0 Å². The van der Waals surface area contributed by atoms with Crippen molar-refractivity contribution >= 4 is 17.7 Å². The molecule has 1 fully saturated rings. The zero-order chi connectivity index (χ0) is 20.2. The Morgan fingerprint density at radius 2 is 1.86 bits per heavy atom. The molecule has 28 heavy (non-hydrogen) atoms. The average molecular weight is 381 g/mol. The largest absolute Gasteiger partial charge is 0.326 e. The third-order valence-corrected chi connectivity index (χ3v) is 5.22. The van der Waals surface area contributed by atoms with Gasteiger partial charge in [-0.15, -0.1) is 0 Å². The summed E-state index contributed by atoms with van der Waals surface area (Å²) in [6.45, 7) is 1.49. The van der Waals surface area contributed by atoms with E-state index in [-0.39, 0.29) is 17.5 Å². The third-order valence-electron chi connectivity index (χ3n) is 5.22. The Kier molecular flexibility index (Phi) is 3.79. The summed E-state index contributed by atoms with van der Waals surface area (Å²) >= 11 is 0. The number of hydrogen-bond donors (Lipinski definition) is 1. The number of ketones is 1. The number of nitrogens with one attached hydrogen (secondary N) is 1. The zero-order valence-corrected chi connectivity index (χ0v) is 14.6. The van der Waals surface area contributed by atoms with Crippen LogP contribution >= 0.6 is 0 Å². The highest BCUT2D eigenvalue weighted by atomic mass is 19.1. The Labute approximate surface area is 158 Å². The Hall–Kier alpha value is -3.60. The number of nitrogens with zero attached hydrogens (tertiary/aromatic N) is 2. The number of amides is 3. The fourth-order valence-corrected chi connectivity index (χ4v) is 3.76. The highest BCUT2D eigenvalue weighted by Gasteiger charge is 2.54.